The van der Waals surface area contributed by atoms with Gasteiger partial charge in [-0.2, -0.15) is 0 Å². The Kier molecular flexibility index (Phi) is 6.50. The molecule has 0 aromatic heterocycles. The zero-order valence-corrected chi connectivity index (χ0v) is 17.5. The number of amides is 1. The summed E-state index contributed by atoms with van der Waals surface area (Å²) in [5.41, 5.74) is 0.749. The van der Waals surface area contributed by atoms with Crippen molar-refractivity contribution in [2.24, 2.45) is 0 Å². The SMILES string of the molecule is CC[C@@H](Oc1ccccc1Cl)C(=O)N[C@H]1CC(CC)(CC)Oc2ccccc21. The second-order valence-electron chi connectivity index (χ2n) is 7.24. The predicted octanol–water partition coefficient (Wildman–Crippen LogP) is 5.70. The largest absolute Gasteiger partial charge is 0.487 e. The topological polar surface area (TPSA) is 47.6 Å². The van der Waals surface area contributed by atoms with Crippen LogP contribution in [0.4, 0.5) is 0 Å². The Hall–Kier alpha value is -2.20. The molecule has 2 aromatic carbocycles. The van der Waals surface area contributed by atoms with Crippen LogP contribution in [0, 0.1) is 0 Å². The smallest absolute Gasteiger partial charge is 0.261 e. The van der Waals surface area contributed by atoms with Crippen LogP contribution in [0.25, 0.3) is 0 Å². The Morgan fingerprint density at radius 3 is 2.54 bits per heavy atom. The van der Waals surface area contributed by atoms with Crippen molar-refractivity contribution in [1.82, 2.24) is 5.32 Å². The monoisotopic (exact) mass is 401 g/mol. The summed E-state index contributed by atoms with van der Waals surface area (Å²) in [4.78, 5) is 13.0. The van der Waals surface area contributed by atoms with E-state index >= 15 is 0 Å². The number of carbonyl (C=O) groups excluding carboxylic acids is 1. The summed E-state index contributed by atoms with van der Waals surface area (Å²) in [7, 11) is 0. The molecule has 150 valence electrons. The first kappa shape index (κ1) is 20.5. The van der Waals surface area contributed by atoms with Gasteiger partial charge < -0.3 is 14.8 Å². The maximum absolute atomic E-state index is 13.0. The first-order chi connectivity index (χ1) is 13.5. The molecule has 3 rings (SSSR count). The predicted molar refractivity (Wildman–Crippen MR) is 112 cm³/mol. The van der Waals surface area contributed by atoms with Gasteiger partial charge in [0, 0.05) is 12.0 Å². The van der Waals surface area contributed by atoms with Gasteiger partial charge in [0.15, 0.2) is 6.10 Å². The van der Waals surface area contributed by atoms with Crippen molar-refractivity contribution in [3.8, 4) is 11.5 Å². The molecule has 1 aliphatic heterocycles. The minimum absolute atomic E-state index is 0.110. The summed E-state index contributed by atoms with van der Waals surface area (Å²) in [6, 6.07) is 15.0. The van der Waals surface area contributed by atoms with Gasteiger partial charge >= 0.3 is 0 Å². The van der Waals surface area contributed by atoms with Crippen molar-refractivity contribution in [1.29, 1.82) is 0 Å². The standard InChI is InChI=1S/C23H28ClNO3/c1-4-19(27-21-14-10-8-12-17(21)24)22(26)25-18-15-23(5-2,6-3)28-20-13-9-7-11-16(18)20/h7-14,18-19H,4-6,15H2,1-3H3,(H,25,26)/t18-,19+/m0/s1. The first-order valence-electron chi connectivity index (χ1n) is 10.0. The molecule has 28 heavy (non-hydrogen) atoms. The zero-order valence-electron chi connectivity index (χ0n) is 16.7. The highest BCUT2D eigenvalue weighted by Gasteiger charge is 2.39. The highest BCUT2D eigenvalue weighted by Crippen LogP contribution is 2.42. The molecule has 0 aliphatic carbocycles. The van der Waals surface area contributed by atoms with Crippen molar-refractivity contribution >= 4 is 17.5 Å². The van der Waals surface area contributed by atoms with E-state index in [0.717, 1.165) is 30.6 Å². The Balaban J connectivity index is 1.80. The van der Waals surface area contributed by atoms with Crippen LogP contribution >= 0.6 is 11.6 Å². The number of nitrogens with one attached hydrogen (secondary N) is 1. The van der Waals surface area contributed by atoms with E-state index in [1.54, 1.807) is 12.1 Å². The Morgan fingerprint density at radius 1 is 1.18 bits per heavy atom. The van der Waals surface area contributed by atoms with Crippen LogP contribution in [0.3, 0.4) is 0 Å². The molecule has 2 aromatic rings. The average molecular weight is 402 g/mol. The van der Waals surface area contributed by atoms with Crippen LogP contribution in [0.15, 0.2) is 48.5 Å². The maximum atomic E-state index is 13.0. The van der Waals surface area contributed by atoms with E-state index in [1.807, 2.05) is 43.3 Å². The number of carbonyl (C=O) groups is 1. The second-order valence-corrected chi connectivity index (χ2v) is 7.65. The van der Waals surface area contributed by atoms with Crippen molar-refractivity contribution in [3.05, 3.63) is 59.1 Å². The van der Waals surface area contributed by atoms with E-state index in [-0.39, 0.29) is 17.6 Å². The third kappa shape index (κ3) is 4.27. The molecule has 0 bridgehead atoms. The lowest BCUT2D eigenvalue weighted by Crippen LogP contribution is -2.47. The van der Waals surface area contributed by atoms with Gasteiger partial charge in [0.05, 0.1) is 11.1 Å². The first-order valence-corrected chi connectivity index (χ1v) is 10.4. The number of halogens is 1. The Morgan fingerprint density at radius 2 is 1.86 bits per heavy atom. The van der Waals surface area contributed by atoms with E-state index in [1.165, 1.54) is 0 Å². The van der Waals surface area contributed by atoms with Crippen molar-refractivity contribution < 1.29 is 14.3 Å². The third-order valence-electron chi connectivity index (χ3n) is 5.57. The van der Waals surface area contributed by atoms with Crippen molar-refractivity contribution in [3.63, 3.8) is 0 Å². The minimum Gasteiger partial charge on any atom is -0.487 e. The minimum atomic E-state index is -0.604. The average Bonchev–Trinajstić information content (AvgIpc) is 2.72. The lowest BCUT2D eigenvalue weighted by molar-refractivity contribution is -0.129. The quantitative estimate of drug-likeness (QED) is 0.647. The van der Waals surface area contributed by atoms with Gasteiger partial charge in [0.2, 0.25) is 0 Å². The molecule has 1 heterocycles. The van der Waals surface area contributed by atoms with Crippen molar-refractivity contribution in [2.75, 3.05) is 0 Å². The zero-order chi connectivity index (χ0) is 20.1. The molecule has 0 radical (unpaired) electrons. The van der Waals surface area contributed by atoms with Gasteiger partial charge in [0.1, 0.15) is 17.1 Å². The summed E-state index contributed by atoms with van der Waals surface area (Å²) < 4.78 is 12.2. The van der Waals surface area contributed by atoms with E-state index in [2.05, 4.69) is 19.2 Å². The van der Waals surface area contributed by atoms with Crippen LogP contribution < -0.4 is 14.8 Å². The van der Waals surface area contributed by atoms with Crippen LogP contribution in [0.5, 0.6) is 11.5 Å². The fourth-order valence-electron chi connectivity index (χ4n) is 3.71. The van der Waals surface area contributed by atoms with E-state index < -0.39 is 6.10 Å². The number of para-hydroxylation sites is 2. The number of hydrogen-bond acceptors (Lipinski definition) is 3. The highest BCUT2D eigenvalue weighted by atomic mass is 35.5. The highest BCUT2D eigenvalue weighted by molar-refractivity contribution is 6.32. The molecule has 5 heteroatoms. The summed E-state index contributed by atoms with van der Waals surface area (Å²) in [5, 5.41) is 3.70. The van der Waals surface area contributed by atoms with Crippen LogP contribution in [-0.2, 0) is 4.79 Å². The summed E-state index contributed by atoms with van der Waals surface area (Å²) >= 11 is 6.19. The number of ether oxygens (including phenoxy) is 2. The van der Waals surface area contributed by atoms with Crippen LogP contribution in [0.2, 0.25) is 5.02 Å². The molecule has 1 N–H and O–H groups in total. The number of benzene rings is 2. The van der Waals surface area contributed by atoms with Gasteiger partial charge in [-0.1, -0.05) is 62.7 Å². The molecule has 0 fully saturated rings. The fraction of sp³-hybridized carbons (Fsp3) is 0.435. The summed E-state index contributed by atoms with van der Waals surface area (Å²) in [6.45, 7) is 6.19. The Bertz CT molecular complexity index is 819. The van der Waals surface area contributed by atoms with Crippen LogP contribution in [0.1, 0.15) is 58.1 Å². The van der Waals surface area contributed by atoms with Gasteiger partial charge in [-0.05, 0) is 37.5 Å². The van der Waals surface area contributed by atoms with Gasteiger partial charge in [-0.25, -0.2) is 0 Å². The van der Waals surface area contributed by atoms with E-state index in [4.69, 9.17) is 21.1 Å². The summed E-state index contributed by atoms with van der Waals surface area (Å²) in [5.74, 6) is 1.24. The molecule has 0 spiro atoms. The lowest BCUT2D eigenvalue weighted by atomic mass is 9.83. The summed E-state index contributed by atoms with van der Waals surface area (Å²) in [6.07, 6.45) is 2.46. The van der Waals surface area contributed by atoms with Gasteiger partial charge in [0.25, 0.3) is 5.91 Å². The van der Waals surface area contributed by atoms with Crippen LogP contribution in [-0.4, -0.2) is 17.6 Å². The molecular formula is C23H28ClNO3. The third-order valence-corrected chi connectivity index (χ3v) is 5.88. The lowest BCUT2D eigenvalue weighted by Gasteiger charge is -2.42. The molecular weight excluding hydrogens is 374 g/mol. The molecule has 4 nitrogen and oxygen atoms in total. The molecule has 0 saturated heterocycles. The number of fused-ring (bicyclic) bond motifs is 1. The number of hydrogen-bond donors (Lipinski definition) is 1. The van der Waals surface area contributed by atoms with E-state index in [0.29, 0.717) is 17.2 Å². The molecule has 2 atom stereocenters. The normalized spacial score (nSPS) is 18.5. The second kappa shape index (κ2) is 8.87. The van der Waals surface area contributed by atoms with Crippen molar-refractivity contribution in [2.45, 2.75) is 64.2 Å². The van der Waals surface area contributed by atoms with Gasteiger partial charge in [-0.15, -0.1) is 0 Å². The molecule has 0 saturated carbocycles. The molecule has 1 amide bonds. The Labute approximate surface area is 172 Å². The van der Waals surface area contributed by atoms with E-state index in [9.17, 15) is 4.79 Å². The fourth-order valence-corrected chi connectivity index (χ4v) is 3.89. The number of rotatable bonds is 7. The van der Waals surface area contributed by atoms with Gasteiger partial charge in [-0.3, -0.25) is 4.79 Å². The maximum Gasteiger partial charge on any atom is 0.261 e. The molecule has 0 unspecified atom stereocenters. The molecule has 1 aliphatic rings.